The van der Waals surface area contributed by atoms with E-state index in [1.807, 2.05) is 30.5 Å². The number of carboxylic acids is 1. The van der Waals surface area contributed by atoms with E-state index in [1.165, 1.54) is 0 Å². The summed E-state index contributed by atoms with van der Waals surface area (Å²) in [6.07, 6.45) is 2.35. The highest BCUT2D eigenvalue weighted by atomic mass is 16.5. The molecule has 1 aliphatic rings. The van der Waals surface area contributed by atoms with Gasteiger partial charge < -0.3 is 15.2 Å². The van der Waals surface area contributed by atoms with E-state index in [4.69, 9.17) is 9.84 Å². The maximum atomic E-state index is 11.0. The van der Waals surface area contributed by atoms with Crippen LogP contribution in [0, 0.1) is 0 Å². The standard InChI is InChI=1S/C14H16N4O3/c1-21-11-4-2-3-9(5-11)13-8-18(17-16-13)10-6-12(14(19)20)15-7-10/h2-5,8,10,12,15H,6-7H2,1H3,(H,19,20). The van der Waals surface area contributed by atoms with E-state index >= 15 is 0 Å². The summed E-state index contributed by atoms with van der Waals surface area (Å²) in [5.74, 6) is -0.0684. The van der Waals surface area contributed by atoms with Crippen LogP contribution in [0.5, 0.6) is 5.75 Å². The molecule has 3 rings (SSSR count). The molecule has 2 atom stereocenters. The second-order valence-corrected chi connectivity index (χ2v) is 5.00. The van der Waals surface area contributed by atoms with Crippen LogP contribution in [0.1, 0.15) is 12.5 Å². The molecule has 0 spiro atoms. The molecule has 0 amide bonds. The van der Waals surface area contributed by atoms with Gasteiger partial charge in [-0.15, -0.1) is 5.10 Å². The number of ether oxygens (including phenoxy) is 1. The average Bonchev–Trinajstić information content (AvgIpc) is 3.16. The number of hydrogen-bond acceptors (Lipinski definition) is 5. The van der Waals surface area contributed by atoms with Crippen LogP contribution in [0.3, 0.4) is 0 Å². The molecule has 1 saturated heterocycles. The first kappa shape index (κ1) is 13.6. The van der Waals surface area contributed by atoms with Crippen LogP contribution in [-0.2, 0) is 4.79 Å². The molecule has 1 aliphatic heterocycles. The smallest absolute Gasteiger partial charge is 0.320 e. The van der Waals surface area contributed by atoms with Gasteiger partial charge in [0, 0.05) is 12.1 Å². The second kappa shape index (κ2) is 5.53. The minimum absolute atomic E-state index is 0.0120. The lowest BCUT2D eigenvalue weighted by atomic mass is 10.1. The van der Waals surface area contributed by atoms with Crippen molar-refractivity contribution in [3.8, 4) is 17.0 Å². The fourth-order valence-electron chi connectivity index (χ4n) is 2.48. The molecule has 0 saturated carbocycles. The zero-order valence-electron chi connectivity index (χ0n) is 11.6. The highest BCUT2D eigenvalue weighted by Gasteiger charge is 2.30. The van der Waals surface area contributed by atoms with Crippen molar-refractivity contribution in [2.75, 3.05) is 13.7 Å². The Morgan fingerprint density at radius 1 is 1.52 bits per heavy atom. The lowest BCUT2D eigenvalue weighted by molar-refractivity contribution is -0.139. The van der Waals surface area contributed by atoms with Crippen molar-refractivity contribution in [1.29, 1.82) is 0 Å². The van der Waals surface area contributed by atoms with E-state index in [0.29, 0.717) is 13.0 Å². The van der Waals surface area contributed by atoms with E-state index in [1.54, 1.807) is 11.8 Å². The molecule has 7 nitrogen and oxygen atoms in total. The Labute approximate surface area is 121 Å². The lowest BCUT2D eigenvalue weighted by Crippen LogP contribution is -2.29. The van der Waals surface area contributed by atoms with Crippen molar-refractivity contribution >= 4 is 5.97 Å². The van der Waals surface area contributed by atoms with Crippen LogP contribution in [0.4, 0.5) is 0 Å². The SMILES string of the molecule is COc1cccc(-c2cn(C3CNC(C(=O)O)C3)nn2)c1. The Balaban J connectivity index is 1.79. The molecule has 0 radical (unpaired) electrons. The summed E-state index contributed by atoms with van der Waals surface area (Å²) in [5.41, 5.74) is 1.66. The zero-order chi connectivity index (χ0) is 14.8. The van der Waals surface area contributed by atoms with E-state index in [0.717, 1.165) is 17.0 Å². The lowest BCUT2D eigenvalue weighted by Gasteiger charge is -2.07. The molecule has 7 heteroatoms. The van der Waals surface area contributed by atoms with Gasteiger partial charge in [-0.05, 0) is 18.6 Å². The minimum Gasteiger partial charge on any atom is -0.497 e. The summed E-state index contributed by atoms with van der Waals surface area (Å²) in [6.45, 7) is 0.581. The van der Waals surface area contributed by atoms with Gasteiger partial charge in [-0.1, -0.05) is 17.3 Å². The highest BCUT2D eigenvalue weighted by Crippen LogP contribution is 2.24. The molecular weight excluding hydrogens is 272 g/mol. The molecule has 1 aromatic carbocycles. The van der Waals surface area contributed by atoms with Gasteiger partial charge in [0.15, 0.2) is 0 Å². The van der Waals surface area contributed by atoms with Gasteiger partial charge >= 0.3 is 5.97 Å². The summed E-state index contributed by atoms with van der Waals surface area (Å²) in [5, 5.41) is 20.2. The maximum absolute atomic E-state index is 11.0. The first-order valence-electron chi connectivity index (χ1n) is 6.70. The fraction of sp³-hybridized carbons (Fsp3) is 0.357. The van der Waals surface area contributed by atoms with Crippen LogP contribution in [0.25, 0.3) is 11.3 Å². The number of nitrogens with one attached hydrogen (secondary N) is 1. The molecule has 110 valence electrons. The summed E-state index contributed by atoms with van der Waals surface area (Å²) >= 11 is 0. The third-order valence-electron chi connectivity index (χ3n) is 3.66. The average molecular weight is 288 g/mol. The van der Waals surface area contributed by atoms with Crippen LogP contribution < -0.4 is 10.1 Å². The number of aliphatic carboxylic acids is 1. The van der Waals surface area contributed by atoms with Crippen molar-refractivity contribution in [2.24, 2.45) is 0 Å². The minimum atomic E-state index is -0.828. The summed E-state index contributed by atoms with van der Waals surface area (Å²) in [4.78, 5) is 11.0. The highest BCUT2D eigenvalue weighted by molar-refractivity contribution is 5.73. The Hall–Kier alpha value is -2.41. The zero-order valence-corrected chi connectivity index (χ0v) is 11.6. The van der Waals surface area contributed by atoms with E-state index in [9.17, 15) is 4.79 Å². The number of rotatable bonds is 4. The van der Waals surface area contributed by atoms with Gasteiger partial charge in [0.05, 0.1) is 19.3 Å². The van der Waals surface area contributed by atoms with Gasteiger partial charge in [0.2, 0.25) is 0 Å². The topological polar surface area (TPSA) is 89.3 Å². The first-order chi connectivity index (χ1) is 10.2. The van der Waals surface area contributed by atoms with Crippen molar-refractivity contribution in [2.45, 2.75) is 18.5 Å². The molecule has 1 fully saturated rings. The third kappa shape index (κ3) is 2.73. The number of nitrogens with zero attached hydrogens (tertiary/aromatic N) is 3. The number of hydrogen-bond donors (Lipinski definition) is 2. The molecule has 21 heavy (non-hydrogen) atoms. The van der Waals surface area contributed by atoms with E-state index in [2.05, 4.69) is 15.6 Å². The van der Waals surface area contributed by atoms with Crippen molar-refractivity contribution < 1.29 is 14.6 Å². The van der Waals surface area contributed by atoms with Gasteiger partial charge in [0.1, 0.15) is 17.5 Å². The number of methoxy groups -OCH3 is 1. The van der Waals surface area contributed by atoms with Crippen LogP contribution in [-0.4, -0.2) is 45.8 Å². The van der Waals surface area contributed by atoms with Crippen molar-refractivity contribution in [3.63, 3.8) is 0 Å². The summed E-state index contributed by atoms with van der Waals surface area (Å²) < 4.78 is 6.92. The van der Waals surface area contributed by atoms with Crippen LogP contribution in [0.15, 0.2) is 30.5 Å². The quantitative estimate of drug-likeness (QED) is 0.870. The summed E-state index contributed by atoms with van der Waals surface area (Å²) in [6, 6.07) is 7.08. The third-order valence-corrected chi connectivity index (χ3v) is 3.66. The molecule has 2 N–H and O–H groups in total. The van der Waals surface area contributed by atoms with Gasteiger partial charge in [0.25, 0.3) is 0 Å². The van der Waals surface area contributed by atoms with Gasteiger partial charge in [-0.2, -0.15) is 0 Å². The fourth-order valence-corrected chi connectivity index (χ4v) is 2.48. The predicted molar refractivity (Wildman–Crippen MR) is 75.1 cm³/mol. The van der Waals surface area contributed by atoms with E-state index < -0.39 is 12.0 Å². The molecule has 2 heterocycles. The van der Waals surface area contributed by atoms with Crippen molar-refractivity contribution in [3.05, 3.63) is 30.5 Å². The molecule has 2 aromatic rings. The van der Waals surface area contributed by atoms with Crippen LogP contribution in [0.2, 0.25) is 0 Å². The molecular formula is C14H16N4O3. The van der Waals surface area contributed by atoms with Crippen LogP contribution >= 0.6 is 0 Å². The van der Waals surface area contributed by atoms with Crippen molar-refractivity contribution in [1.82, 2.24) is 20.3 Å². The van der Waals surface area contributed by atoms with Gasteiger partial charge in [-0.3, -0.25) is 4.79 Å². The molecule has 2 unspecified atom stereocenters. The normalized spacial score (nSPS) is 21.4. The monoisotopic (exact) mass is 288 g/mol. The Morgan fingerprint density at radius 2 is 2.38 bits per heavy atom. The van der Waals surface area contributed by atoms with E-state index in [-0.39, 0.29) is 6.04 Å². The second-order valence-electron chi connectivity index (χ2n) is 5.00. The Bertz CT molecular complexity index is 655. The maximum Gasteiger partial charge on any atom is 0.320 e. The first-order valence-corrected chi connectivity index (χ1v) is 6.70. The largest absolute Gasteiger partial charge is 0.497 e. The van der Waals surface area contributed by atoms with Gasteiger partial charge in [-0.25, -0.2) is 4.68 Å². The predicted octanol–water partition coefficient (Wildman–Crippen LogP) is 0.941. The Morgan fingerprint density at radius 3 is 3.10 bits per heavy atom. The Kier molecular flexibility index (Phi) is 3.57. The number of benzene rings is 1. The molecule has 0 aliphatic carbocycles. The number of carboxylic acid groups (broad SMARTS) is 1. The number of carbonyl (C=O) groups is 1. The molecule has 1 aromatic heterocycles. The molecule has 0 bridgehead atoms. The number of aromatic nitrogens is 3. The summed E-state index contributed by atoms with van der Waals surface area (Å²) in [7, 11) is 1.62.